The largest absolute Gasteiger partial charge is 0.481 e. The van der Waals surface area contributed by atoms with Crippen molar-refractivity contribution in [3.05, 3.63) is 114 Å². The van der Waals surface area contributed by atoms with Gasteiger partial charge in [0.05, 0.1) is 17.3 Å². The van der Waals surface area contributed by atoms with Gasteiger partial charge in [-0.3, -0.25) is 9.59 Å². The fourth-order valence-corrected chi connectivity index (χ4v) is 4.31. The zero-order chi connectivity index (χ0) is 25.6. The Morgan fingerprint density at radius 1 is 0.865 bits per heavy atom. The first-order valence-corrected chi connectivity index (χ1v) is 11.9. The first-order chi connectivity index (χ1) is 18.1. The monoisotopic (exact) mass is 492 g/mol. The van der Waals surface area contributed by atoms with E-state index in [4.69, 9.17) is 9.47 Å². The molecule has 1 unspecified atom stereocenters. The normalized spacial score (nSPS) is 14.8. The van der Waals surface area contributed by atoms with Crippen LogP contribution in [0.4, 0.5) is 0 Å². The number of hydrogen-bond donors (Lipinski definition) is 0. The van der Waals surface area contributed by atoms with E-state index in [1.807, 2.05) is 66.7 Å². The number of rotatable bonds is 8. The van der Waals surface area contributed by atoms with E-state index in [0.29, 0.717) is 18.3 Å². The van der Waals surface area contributed by atoms with Crippen molar-refractivity contribution < 1.29 is 23.9 Å². The molecule has 7 nitrogen and oxygen atoms in total. The maximum atomic E-state index is 13.2. The highest BCUT2D eigenvalue weighted by Gasteiger charge is 2.33. The number of amides is 1. The molecule has 37 heavy (non-hydrogen) atoms. The maximum absolute atomic E-state index is 13.2. The minimum absolute atomic E-state index is 0.272. The molecule has 1 aliphatic rings. The van der Waals surface area contributed by atoms with Crippen LogP contribution < -0.4 is 4.74 Å². The molecule has 1 amide bonds. The summed E-state index contributed by atoms with van der Waals surface area (Å²) in [5.41, 5.74) is 2.99. The average molecular weight is 493 g/mol. The summed E-state index contributed by atoms with van der Waals surface area (Å²) in [6.45, 7) is -0.902. The van der Waals surface area contributed by atoms with Gasteiger partial charge in [-0.2, -0.15) is 5.10 Å². The number of hydrazone groups is 1. The molecular formula is C30H24N2O5. The molecule has 1 atom stereocenters. The number of para-hydroxylation sites is 1. The number of carbonyl (C=O) groups is 3. The van der Waals surface area contributed by atoms with E-state index in [2.05, 4.69) is 11.2 Å². The summed E-state index contributed by atoms with van der Waals surface area (Å²) in [6, 6.07) is 30.1. The van der Waals surface area contributed by atoms with Crippen LogP contribution in [0.2, 0.25) is 0 Å². The number of esters is 1. The first-order valence-electron chi connectivity index (χ1n) is 11.9. The highest BCUT2D eigenvalue weighted by molar-refractivity contribution is 6.05. The SMILES string of the molecule is O=Cc1ccccc1OCC(=O)OCC(=O)N1N=C(c2ccc3ccccc3c2)CC1c1ccccc1. The molecule has 4 aromatic carbocycles. The zero-order valence-electron chi connectivity index (χ0n) is 19.9. The number of aldehydes is 1. The second-order valence-electron chi connectivity index (χ2n) is 8.58. The zero-order valence-corrected chi connectivity index (χ0v) is 19.9. The van der Waals surface area contributed by atoms with E-state index in [-0.39, 0.29) is 11.8 Å². The van der Waals surface area contributed by atoms with Crippen LogP contribution in [0, 0.1) is 0 Å². The second-order valence-corrected chi connectivity index (χ2v) is 8.58. The molecule has 4 aromatic rings. The van der Waals surface area contributed by atoms with Gasteiger partial charge in [0.1, 0.15) is 5.75 Å². The third kappa shape index (κ3) is 5.41. The number of nitrogens with zero attached hydrogens (tertiary/aromatic N) is 2. The number of hydrogen-bond acceptors (Lipinski definition) is 6. The van der Waals surface area contributed by atoms with E-state index >= 15 is 0 Å². The Morgan fingerprint density at radius 3 is 2.41 bits per heavy atom. The lowest BCUT2D eigenvalue weighted by atomic mass is 9.97. The van der Waals surface area contributed by atoms with E-state index in [0.717, 1.165) is 27.6 Å². The van der Waals surface area contributed by atoms with Crippen LogP contribution in [0.1, 0.15) is 33.9 Å². The molecule has 0 spiro atoms. The van der Waals surface area contributed by atoms with E-state index in [1.165, 1.54) is 5.01 Å². The Balaban J connectivity index is 1.30. The summed E-state index contributed by atoms with van der Waals surface area (Å²) in [5, 5.41) is 8.27. The maximum Gasteiger partial charge on any atom is 0.344 e. The van der Waals surface area contributed by atoms with Gasteiger partial charge < -0.3 is 9.47 Å². The van der Waals surface area contributed by atoms with Crippen molar-refractivity contribution in [3.63, 3.8) is 0 Å². The topological polar surface area (TPSA) is 85.3 Å². The van der Waals surface area contributed by atoms with Gasteiger partial charge in [0, 0.05) is 6.42 Å². The Labute approximate surface area is 213 Å². The van der Waals surface area contributed by atoms with E-state index < -0.39 is 25.1 Å². The molecule has 0 saturated heterocycles. The van der Waals surface area contributed by atoms with Gasteiger partial charge in [-0.05, 0) is 40.1 Å². The first kappa shape index (κ1) is 23.9. The van der Waals surface area contributed by atoms with E-state index in [9.17, 15) is 14.4 Å². The molecule has 0 saturated carbocycles. The molecule has 5 rings (SSSR count). The van der Waals surface area contributed by atoms with Crippen LogP contribution in [0.3, 0.4) is 0 Å². The number of carbonyl (C=O) groups excluding carboxylic acids is 3. The van der Waals surface area contributed by atoms with Gasteiger partial charge >= 0.3 is 5.97 Å². The molecule has 0 radical (unpaired) electrons. The minimum Gasteiger partial charge on any atom is -0.481 e. The van der Waals surface area contributed by atoms with Gasteiger partial charge in [0.2, 0.25) is 0 Å². The Kier molecular flexibility index (Phi) is 7.03. The Hall–Kier alpha value is -4.78. The van der Waals surface area contributed by atoms with Crippen molar-refractivity contribution in [3.8, 4) is 5.75 Å². The van der Waals surface area contributed by atoms with Crippen LogP contribution in [-0.2, 0) is 14.3 Å². The second kappa shape index (κ2) is 10.9. The number of benzene rings is 4. The highest BCUT2D eigenvalue weighted by atomic mass is 16.6. The van der Waals surface area contributed by atoms with Crippen molar-refractivity contribution in [1.29, 1.82) is 0 Å². The van der Waals surface area contributed by atoms with Gasteiger partial charge in [0.25, 0.3) is 5.91 Å². The number of ether oxygens (including phenoxy) is 2. The molecule has 0 N–H and O–H groups in total. The van der Waals surface area contributed by atoms with Crippen LogP contribution in [-0.4, -0.2) is 42.1 Å². The van der Waals surface area contributed by atoms with Crippen molar-refractivity contribution in [1.82, 2.24) is 5.01 Å². The molecule has 1 aliphatic heterocycles. The third-order valence-electron chi connectivity index (χ3n) is 6.18. The van der Waals surface area contributed by atoms with Crippen molar-refractivity contribution in [2.24, 2.45) is 5.10 Å². The summed E-state index contributed by atoms with van der Waals surface area (Å²) in [4.78, 5) is 36.5. The van der Waals surface area contributed by atoms with Crippen LogP contribution in [0.5, 0.6) is 5.75 Å². The summed E-state index contributed by atoms with van der Waals surface area (Å²) < 4.78 is 10.6. The predicted molar refractivity (Wildman–Crippen MR) is 139 cm³/mol. The Morgan fingerprint density at radius 2 is 1.59 bits per heavy atom. The lowest BCUT2D eigenvalue weighted by molar-refractivity contribution is -0.154. The summed E-state index contributed by atoms with van der Waals surface area (Å²) in [6.07, 6.45) is 1.18. The molecule has 0 bridgehead atoms. The van der Waals surface area contributed by atoms with Crippen molar-refractivity contribution in [2.75, 3.05) is 13.2 Å². The van der Waals surface area contributed by atoms with Gasteiger partial charge in [-0.1, -0.05) is 78.9 Å². The summed E-state index contributed by atoms with van der Waals surface area (Å²) >= 11 is 0. The predicted octanol–water partition coefficient (Wildman–Crippen LogP) is 4.95. The molecular weight excluding hydrogens is 468 g/mol. The van der Waals surface area contributed by atoms with Crippen molar-refractivity contribution in [2.45, 2.75) is 12.5 Å². The van der Waals surface area contributed by atoms with E-state index in [1.54, 1.807) is 24.3 Å². The minimum atomic E-state index is -0.719. The average Bonchev–Trinajstić information content (AvgIpc) is 3.41. The van der Waals surface area contributed by atoms with Crippen molar-refractivity contribution >= 4 is 34.6 Å². The smallest absolute Gasteiger partial charge is 0.344 e. The third-order valence-corrected chi connectivity index (χ3v) is 6.18. The molecule has 7 heteroatoms. The quantitative estimate of drug-likeness (QED) is 0.257. The summed E-state index contributed by atoms with van der Waals surface area (Å²) in [7, 11) is 0. The van der Waals surface area contributed by atoms with Gasteiger partial charge in [-0.15, -0.1) is 0 Å². The number of fused-ring (bicyclic) bond motifs is 1. The standard InChI is InChI=1S/C30H24N2O5/c33-18-25-12-6-7-13-28(25)36-20-30(35)37-19-29(34)32-27(22-9-2-1-3-10-22)17-26(31-32)24-15-14-21-8-4-5-11-23(21)16-24/h1-16,18,27H,17,19-20H2. The van der Waals surface area contributed by atoms with Crippen LogP contribution in [0.15, 0.2) is 102 Å². The fraction of sp³-hybridized carbons (Fsp3) is 0.133. The fourth-order valence-electron chi connectivity index (χ4n) is 4.31. The lowest BCUT2D eigenvalue weighted by Gasteiger charge is -2.21. The molecule has 0 aromatic heterocycles. The van der Waals surface area contributed by atoms with Crippen LogP contribution in [0.25, 0.3) is 10.8 Å². The summed E-state index contributed by atoms with van der Waals surface area (Å²) in [5.74, 6) is -0.886. The van der Waals surface area contributed by atoms with Crippen LogP contribution >= 0.6 is 0 Å². The molecule has 1 heterocycles. The van der Waals surface area contributed by atoms with Gasteiger partial charge in [0.15, 0.2) is 19.5 Å². The van der Waals surface area contributed by atoms with Gasteiger partial charge in [-0.25, -0.2) is 9.80 Å². The molecule has 0 fully saturated rings. The lowest BCUT2D eigenvalue weighted by Crippen LogP contribution is -2.32. The molecule has 0 aliphatic carbocycles. The Bertz CT molecular complexity index is 1480. The molecule has 184 valence electrons. The highest BCUT2D eigenvalue weighted by Crippen LogP contribution is 2.33.